The summed E-state index contributed by atoms with van der Waals surface area (Å²) in [5, 5.41) is 3.37. The van der Waals surface area contributed by atoms with Crippen LogP contribution in [0.5, 0.6) is 0 Å². The summed E-state index contributed by atoms with van der Waals surface area (Å²) in [6.45, 7) is 8.97. The Morgan fingerprint density at radius 3 is 2.43 bits per heavy atom. The van der Waals surface area contributed by atoms with Crippen LogP contribution in [0.3, 0.4) is 0 Å². The van der Waals surface area contributed by atoms with Gasteiger partial charge in [-0.25, -0.2) is 4.98 Å². The van der Waals surface area contributed by atoms with Crippen LogP contribution in [0.25, 0.3) is 49.6 Å². The van der Waals surface area contributed by atoms with Crippen molar-refractivity contribution in [1.82, 2.24) is 19.4 Å². The standard InChI is InChI=1S/C25H24N3.C12H10N.Ir/c1-15-16(2)28-22-13-20-17(14-25(3,4)5)9-8-12-21(20)27-23(22)18-10-6-7-11-19(18)24(28)26-15;1-10-7-8-12(13-9-10)11-5-3-2-4-6-11;/h6-9,11-13H,14H2,1-5H3;2-5,7-9H,1H3;/q2*-1;/i;1D3;. The predicted octanol–water partition coefficient (Wildman–Crippen LogP) is 9.05. The van der Waals surface area contributed by atoms with Gasteiger partial charge >= 0.3 is 0 Å². The third kappa shape index (κ3) is 5.72. The second-order valence-electron chi connectivity index (χ2n) is 11.7. The van der Waals surface area contributed by atoms with Gasteiger partial charge in [0.1, 0.15) is 5.65 Å². The molecule has 7 aromatic rings. The Labute approximate surface area is 265 Å². The van der Waals surface area contributed by atoms with Gasteiger partial charge in [0, 0.05) is 52.5 Å². The largest absolute Gasteiger partial charge is 0.311 e. The summed E-state index contributed by atoms with van der Waals surface area (Å²) in [5.41, 5.74) is 9.77. The number of fused-ring (bicyclic) bond motifs is 7. The van der Waals surface area contributed by atoms with Crippen molar-refractivity contribution in [3.63, 3.8) is 0 Å². The quantitative estimate of drug-likeness (QED) is 0.101. The molecular weight excluding hydrogens is 693 g/mol. The SMILES string of the molecule is Cc1nc2c3ccc[c-]c3c3nc4cccc(CC(C)(C)C)c4cc3n2c1C.[2H]C([2H])([2H])c1ccc(-c2[c-]cccc2)nc1.[Ir]. The molecular formula is C37H34IrN4-2. The van der Waals surface area contributed by atoms with E-state index >= 15 is 0 Å². The Hall–Kier alpha value is -3.92. The molecule has 3 aromatic carbocycles. The second-order valence-corrected chi connectivity index (χ2v) is 11.7. The maximum atomic E-state index is 7.23. The van der Waals surface area contributed by atoms with Crippen molar-refractivity contribution < 1.29 is 24.2 Å². The molecule has 213 valence electrons. The molecule has 0 saturated carbocycles. The van der Waals surface area contributed by atoms with Crippen molar-refractivity contribution in [2.75, 3.05) is 0 Å². The molecule has 7 rings (SSSR count). The van der Waals surface area contributed by atoms with E-state index in [0.717, 1.165) is 56.3 Å². The number of rotatable bonds is 2. The molecule has 0 bridgehead atoms. The molecule has 5 heteroatoms. The van der Waals surface area contributed by atoms with E-state index in [4.69, 9.17) is 14.1 Å². The van der Waals surface area contributed by atoms with E-state index in [1.165, 1.54) is 22.8 Å². The summed E-state index contributed by atoms with van der Waals surface area (Å²) < 4.78 is 24.0. The van der Waals surface area contributed by atoms with Crippen LogP contribution in [0.2, 0.25) is 0 Å². The Balaban J connectivity index is 0.000000202. The van der Waals surface area contributed by atoms with Gasteiger partial charge in [0.15, 0.2) is 0 Å². The minimum absolute atomic E-state index is 0. The van der Waals surface area contributed by atoms with E-state index in [-0.39, 0.29) is 31.1 Å². The summed E-state index contributed by atoms with van der Waals surface area (Å²) in [6, 6.07) is 32.1. The number of nitrogens with zero attached hydrogens (tertiary/aromatic N) is 4. The van der Waals surface area contributed by atoms with Crippen LogP contribution in [0.4, 0.5) is 0 Å². The van der Waals surface area contributed by atoms with Gasteiger partial charge in [-0.2, -0.15) is 0 Å². The van der Waals surface area contributed by atoms with Crippen molar-refractivity contribution >= 4 is 38.4 Å². The zero-order chi connectivity index (χ0) is 31.2. The Morgan fingerprint density at radius 1 is 0.881 bits per heavy atom. The number of hydrogen-bond acceptors (Lipinski definition) is 3. The van der Waals surface area contributed by atoms with Crippen LogP contribution >= 0.6 is 0 Å². The Bertz CT molecular complexity index is 2130. The van der Waals surface area contributed by atoms with E-state index in [9.17, 15) is 0 Å². The van der Waals surface area contributed by atoms with E-state index in [1.807, 2.05) is 30.3 Å². The van der Waals surface area contributed by atoms with Crippen molar-refractivity contribution in [1.29, 1.82) is 0 Å². The molecule has 0 fully saturated rings. The molecule has 4 aromatic heterocycles. The van der Waals surface area contributed by atoms with Crippen molar-refractivity contribution in [3.05, 3.63) is 120 Å². The van der Waals surface area contributed by atoms with E-state index in [2.05, 4.69) is 86.5 Å². The van der Waals surface area contributed by atoms with Crippen molar-refractivity contribution in [2.45, 2.75) is 47.9 Å². The summed E-state index contributed by atoms with van der Waals surface area (Å²) >= 11 is 0. The molecule has 0 aliphatic rings. The number of imidazole rings is 1. The average molecular weight is 730 g/mol. The molecule has 0 saturated heterocycles. The Kier molecular flexibility index (Phi) is 7.21. The normalized spacial score (nSPS) is 12.8. The molecule has 0 unspecified atom stereocenters. The minimum Gasteiger partial charge on any atom is -0.311 e. The first-order valence-electron chi connectivity index (χ1n) is 15.3. The van der Waals surface area contributed by atoms with Crippen molar-refractivity contribution in [3.8, 4) is 11.3 Å². The first kappa shape index (κ1) is 25.8. The van der Waals surface area contributed by atoms with Gasteiger partial charge in [0.2, 0.25) is 0 Å². The first-order valence-corrected chi connectivity index (χ1v) is 13.8. The Morgan fingerprint density at radius 2 is 1.71 bits per heavy atom. The van der Waals surface area contributed by atoms with Gasteiger partial charge in [-0.3, -0.25) is 4.98 Å². The molecule has 0 aliphatic heterocycles. The third-order valence-electron chi connectivity index (χ3n) is 7.32. The van der Waals surface area contributed by atoms with Crippen LogP contribution in [0.15, 0.2) is 85.1 Å². The smallest absolute Gasteiger partial charge is 0.101 e. The zero-order valence-corrected chi connectivity index (χ0v) is 26.8. The van der Waals surface area contributed by atoms with Gasteiger partial charge in [-0.05, 0) is 61.5 Å². The molecule has 0 atom stereocenters. The van der Waals surface area contributed by atoms with Gasteiger partial charge in [0.05, 0.1) is 11.2 Å². The molecule has 4 heterocycles. The monoisotopic (exact) mass is 730 g/mol. The van der Waals surface area contributed by atoms with Crippen LogP contribution in [0, 0.1) is 38.2 Å². The molecule has 4 nitrogen and oxygen atoms in total. The summed E-state index contributed by atoms with van der Waals surface area (Å²) in [6.07, 6.45) is 2.41. The van der Waals surface area contributed by atoms with Crippen LogP contribution in [-0.4, -0.2) is 19.4 Å². The number of benzene rings is 3. The maximum absolute atomic E-state index is 7.23. The number of pyridine rings is 3. The van der Waals surface area contributed by atoms with E-state index in [1.54, 1.807) is 18.2 Å². The molecule has 0 N–H and O–H groups in total. The topological polar surface area (TPSA) is 43.1 Å². The van der Waals surface area contributed by atoms with Gasteiger partial charge in [-0.15, -0.1) is 65.5 Å². The van der Waals surface area contributed by atoms with Crippen molar-refractivity contribution in [2.24, 2.45) is 5.41 Å². The van der Waals surface area contributed by atoms with E-state index in [0.29, 0.717) is 0 Å². The fourth-order valence-corrected chi connectivity index (χ4v) is 5.34. The number of aromatic nitrogens is 4. The van der Waals surface area contributed by atoms with Crippen LogP contribution in [0.1, 0.15) is 47.4 Å². The maximum Gasteiger partial charge on any atom is 0.101 e. The molecule has 0 aliphatic carbocycles. The molecule has 42 heavy (non-hydrogen) atoms. The van der Waals surface area contributed by atoms with Crippen LogP contribution < -0.4 is 0 Å². The fraction of sp³-hybridized carbons (Fsp3) is 0.216. The average Bonchev–Trinajstić information content (AvgIpc) is 3.30. The minimum atomic E-state index is -2.09. The molecule has 1 radical (unpaired) electrons. The van der Waals surface area contributed by atoms with E-state index < -0.39 is 6.85 Å². The zero-order valence-electron chi connectivity index (χ0n) is 27.4. The fourth-order valence-electron chi connectivity index (χ4n) is 5.34. The second kappa shape index (κ2) is 11.8. The third-order valence-corrected chi connectivity index (χ3v) is 7.32. The summed E-state index contributed by atoms with van der Waals surface area (Å²) in [5.74, 6) is 0. The molecule has 0 amide bonds. The number of aryl methyl sites for hydroxylation is 3. The first-order chi connectivity index (χ1) is 20.9. The van der Waals surface area contributed by atoms with Gasteiger partial charge in [0.25, 0.3) is 0 Å². The summed E-state index contributed by atoms with van der Waals surface area (Å²) in [4.78, 5) is 14.1. The molecule has 0 spiro atoms. The number of hydrogen-bond donors (Lipinski definition) is 0. The van der Waals surface area contributed by atoms with Gasteiger partial charge in [-0.1, -0.05) is 50.4 Å². The van der Waals surface area contributed by atoms with Crippen LogP contribution in [-0.2, 0) is 26.5 Å². The predicted molar refractivity (Wildman–Crippen MR) is 170 cm³/mol. The van der Waals surface area contributed by atoms with Gasteiger partial charge < -0.3 is 9.38 Å². The summed E-state index contributed by atoms with van der Waals surface area (Å²) in [7, 11) is 0.